The fourth-order valence-corrected chi connectivity index (χ4v) is 0.499. The van der Waals surface area contributed by atoms with Gasteiger partial charge in [0.05, 0.1) is 0 Å². The second-order valence-electron chi connectivity index (χ2n) is 1.74. The zero-order valence-electron chi connectivity index (χ0n) is 11.1. The van der Waals surface area contributed by atoms with Crippen molar-refractivity contribution in [1.29, 1.82) is 10.8 Å². The molecule has 0 aliphatic carbocycles. The fraction of sp³-hybridized carbons (Fsp3) is 0.500. The molecule has 0 spiro atoms. The van der Waals surface area contributed by atoms with Gasteiger partial charge in [-0.05, 0) is 0 Å². The first kappa shape index (κ1) is 46.1. The van der Waals surface area contributed by atoms with Crippen LogP contribution in [0.5, 0.6) is 0 Å². The molecule has 0 aliphatic rings. The third-order valence-corrected chi connectivity index (χ3v) is 1.84. The smallest absolute Gasteiger partial charge is 0.241 e. The molecule has 0 saturated carbocycles. The molecule has 120 valence electrons. The van der Waals surface area contributed by atoms with Crippen LogP contribution in [0, 0.1) is 10.8 Å². The van der Waals surface area contributed by atoms with Crippen LogP contribution < -0.4 is 154 Å². The Labute approximate surface area is 282 Å². The SMILES string of the molecule is C.II.N=C=NS(=O)(=O)C(F)(F)F.N=C=NS(=O)(=O)F.[K+].[K+].[K+]. The third-order valence-electron chi connectivity index (χ3n) is 0.613. The molecule has 0 amide bonds. The number of rotatable bonds is 2. The second kappa shape index (κ2) is 24.8. The van der Waals surface area contributed by atoms with Crippen molar-refractivity contribution in [3.05, 3.63) is 0 Å². The molecule has 0 fully saturated rings. The van der Waals surface area contributed by atoms with E-state index in [4.69, 9.17) is 10.8 Å². The van der Waals surface area contributed by atoms with Crippen molar-refractivity contribution in [1.82, 2.24) is 0 Å². The monoisotopic (exact) mass is 685 g/mol. The zero-order valence-corrected chi connectivity index (χ0v) is 26.4. The minimum absolute atomic E-state index is 0. The van der Waals surface area contributed by atoms with Gasteiger partial charge in [-0.2, -0.15) is 30.0 Å². The van der Waals surface area contributed by atoms with E-state index in [2.05, 4.69) is 37.2 Å². The van der Waals surface area contributed by atoms with Crippen LogP contribution in [0.4, 0.5) is 17.1 Å². The van der Waals surface area contributed by atoms with Gasteiger partial charge in [0.25, 0.3) is 0 Å². The van der Waals surface area contributed by atoms with Crippen molar-refractivity contribution < 1.29 is 188 Å². The van der Waals surface area contributed by atoms with E-state index in [1.807, 2.05) is 4.40 Å². The number of hydrogen-bond donors (Lipinski definition) is 2. The Bertz CT molecular complexity index is 575. The maximum atomic E-state index is 11.2. The Hall–Kier alpha value is 4.75. The molecular weight excluding hydrogens is 679 g/mol. The van der Waals surface area contributed by atoms with Gasteiger partial charge < -0.3 is 0 Å². The van der Waals surface area contributed by atoms with Crippen LogP contribution in [0.25, 0.3) is 0 Å². The summed E-state index contributed by atoms with van der Waals surface area (Å²) in [5.41, 5.74) is -5.43. The van der Waals surface area contributed by atoms with Crippen molar-refractivity contribution in [3.8, 4) is 0 Å². The molecule has 0 saturated heterocycles. The van der Waals surface area contributed by atoms with Crippen LogP contribution in [0.1, 0.15) is 7.43 Å². The van der Waals surface area contributed by atoms with Gasteiger partial charge in [-0.25, -0.2) is 10.8 Å². The largest absolute Gasteiger partial charge is 1.00 e. The van der Waals surface area contributed by atoms with E-state index in [0.717, 1.165) is 12.0 Å². The molecule has 0 rings (SSSR count). The van der Waals surface area contributed by atoms with E-state index in [0.29, 0.717) is 0 Å². The minimum atomic E-state index is -5.52. The third kappa shape index (κ3) is 34.6. The maximum absolute atomic E-state index is 11.2. The van der Waals surface area contributed by atoms with Gasteiger partial charge in [0.1, 0.15) is 12.0 Å². The average molecular weight is 685 g/mol. The van der Waals surface area contributed by atoms with Gasteiger partial charge in [-0.3, -0.25) is 0 Å². The summed E-state index contributed by atoms with van der Waals surface area (Å²) in [7, 11) is -10.4. The van der Waals surface area contributed by atoms with Crippen LogP contribution in [0.15, 0.2) is 8.80 Å². The predicted octanol–water partition coefficient (Wildman–Crippen LogP) is -6.04. The molecule has 0 bridgehead atoms. The molecule has 8 nitrogen and oxygen atoms in total. The number of halogens is 6. The van der Waals surface area contributed by atoms with Gasteiger partial charge in [-0.1, -0.05) is 20.1 Å². The van der Waals surface area contributed by atoms with Crippen molar-refractivity contribution in [2.45, 2.75) is 12.9 Å². The second-order valence-corrected chi connectivity index (χ2v) is 4.34. The molecule has 0 heterocycles. The van der Waals surface area contributed by atoms with Crippen LogP contribution in [-0.2, 0) is 20.4 Å². The summed E-state index contributed by atoms with van der Waals surface area (Å²) in [5.74, 6) is 0. The van der Waals surface area contributed by atoms with Gasteiger partial charge in [0, 0.05) is 37.2 Å². The first-order valence-corrected chi connectivity index (χ1v) is 12.1. The summed E-state index contributed by atoms with van der Waals surface area (Å²) >= 11 is 4.24. The van der Waals surface area contributed by atoms with Crippen LogP contribution in [0.2, 0.25) is 0 Å². The molecule has 2 N–H and O–H groups in total. The summed E-state index contributed by atoms with van der Waals surface area (Å²) in [6.07, 6.45) is 0. The summed E-state index contributed by atoms with van der Waals surface area (Å²) in [6, 6.07) is 1.80. The topological polar surface area (TPSA) is 141 Å². The van der Waals surface area contributed by atoms with Gasteiger partial charge in [0.15, 0.2) is 0 Å². The van der Waals surface area contributed by atoms with Crippen LogP contribution in [-0.4, -0.2) is 34.4 Å². The van der Waals surface area contributed by atoms with Crippen molar-refractivity contribution >= 4 is 69.7 Å². The first-order valence-electron chi connectivity index (χ1n) is 3.05. The van der Waals surface area contributed by atoms with E-state index >= 15 is 0 Å². The molecule has 19 heteroatoms. The molecule has 0 radical (unpaired) electrons. The zero-order chi connectivity index (χ0) is 16.3. The van der Waals surface area contributed by atoms with E-state index in [1.165, 1.54) is 0 Å². The summed E-state index contributed by atoms with van der Waals surface area (Å²) in [4.78, 5) is 0. The number of nitrogens with one attached hydrogen (secondary N) is 2. The van der Waals surface area contributed by atoms with E-state index < -0.39 is 25.9 Å². The van der Waals surface area contributed by atoms with Crippen LogP contribution >= 0.6 is 37.2 Å². The van der Waals surface area contributed by atoms with E-state index in [9.17, 15) is 33.9 Å². The summed E-state index contributed by atoms with van der Waals surface area (Å²) < 4.78 is 86.4. The number of sulfonamides is 1. The predicted molar refractivity (Wildman–Crippen MR) is 80.1 cm³/mol. The van der Waals surface area contributed by atoms with E-state index in [1.54, 1.807) is 4.40 Å². The first-order chi connectivity index (χ1) is 8.37. The Kier molecular flexibility index (Phi) is 49.7. The Morgan fingerprint density at radius 1 is 0.870 bits per heavy atom. The van der Waals surface area contributed by atoms with Crippen molar-refractivity contribution in [2.75, 3.05) is 0 Å². The van der Waals surface area contributed by atoms with Crippen molar-refractivity contribution in [3.63, 3.8) is 0 Å². The average Bonchev–Trinajstić information content (AvgIpc) is 2.18. The quantitative estimate of drug-likeness (QED) is 0.0983. The normalized spacial score (nSPS) is 8.61. The Morgan fingerprint density at radius 2 is 1.13 bits per heavy atom. The molecule has 0 atom stereocenters. The van der Waals surface area contributed by atoms with Gasteiger partial charge in [0.2, 0.25) is 0 Å². The molecule has 0 aromatic heterocycles. The molecular formula is C4H6F4I2K3N4O4S2+3. The number of hydrogen-bond acceptors (Lipinski definition) is 6. The molecule has 0 aliphatic heterocycles. The summed E-state index contributed by atoms with van der Waals surface area (Å²) in [6.45, 7) is 0. The standard InChI is InChI=1S/C2HF3N2O2S.CHFN2O2S.CH4.I2.3K/c3-2(4,5)10(8,9)7-1-6;2-7(5,6)4-1-3;;1-2;;;/h6H;3H;1H4;;;;/q;;;;3*+1. The molecule has 0 aromatic carbocycles. The summed E-state index contributed by atoms with van der Waals surface area (Å²) in [5, 5.41) is 11.7. The number of nitrogens with zero attached hydrogens (tertiary/aromatic N) is 2. The van der Waals surface area contributed by atoms with Gasteiger partial charge in [-0.15, -0.1) is 0 Å². The molecule has 0 unspecified atom stereocenters. The number of alkyl halides is 3. The van der Waals surface area contributed by atoms with E-state index in [-0.39, 0.29) is 162 Å². The Balaban J connectivity index is -0.0000000357. The van der Waals surface area contributed by atoms with Gasteiger partial charge >= 0.3 is 180 Å². The van der Waals surface area contributed by atoms with Crippen molar-refractivity contribution in [2.24, 2.45) is 8.80 Å². The Morgan fingerprint density at radius 3 is 1.17 bits per heavy atom. The molecule has 0 aromatic rings. The molecule has 23 heavy (non-hydrogen) atoms. The van der Waals surface area contributed by atoms with Crippen LogP contribution in [0.3, 0.4) is 0 Å². The minimum Gasteiger partial charge on any atom is -0.241 e. The maximum Gasteiger partial charge on any atom is 1.00 e. The fourth-order valence-electron chi connectivity index (χ4n) is 0.166.